The number of carbonyl (C=O) groups excluding carboxylic acids is 2. The molecule has 2 rings (SSSR count). The fraction of sp³-hybridized carbons (Fsp3) is 0.250. The molecule has 0 saturated carbocycles. The van der Waals surface area contributed by atoms with Crippen LogP contribution in [0.5, 0.6) is 0 Å². The number of rotatable bonds is 3. The van der Waals surface area contributed by atoms with Gasteiger partial charge in [0.2, 0.25) is 5.91 Å². The first-order valence-electron chi connectivity index (χ1n) is 5.46. The molecule has 4 nitrogen and oxygen atoms in total. The summed E-state index contributed by atoms with van der Waals surface area (Å²) in [7, 11) is 0. The van der Waals surface area contributed by atoms with E-state index in [0.717, 1.165) is 27.5 Å². The summed E-state index contributed by atoms with van der Waals surface area (Å²) in [5.41, 5.74) is 1.70. The molecule has 0 radical (unpaired) electrons. The number of thioether (sulfide) groups is 1. The van der Waals surface area contributed by atoms with Crippen molar-refractivity contribution >= 4 is 61.1 Å². The average Bonchev–Trinajstić information content (AvgIpc) is 2.75. The Morgan fingerprint density at radius 3 is 2.89 bits per heavy atom. The molecule has 0 atom stereocenters. The van der Waals surface area contributed by atoms with Crippen molar-refractivity contribution in [2.75, 3.05) is 11.1 Å². The Labute approximate surface area is 123 Å². The number of nitrogens with one attached hydrogen (secondary N) is 1. The normalized spacial score (nSPS) is 10.7. The van der Waals surface area contributed by atoms with Crippen LogP contribution in [0.3, 0.4) is 0 Å². The third-order valence-electron chi connectivity index (χ3n) is 2.40. The summed E-state index contributed by atoms with van der Waals surface area (Å²) in [4.78, 5) is 26.7. The minimum atomic E-state index is -0.233. The van der Waals surface area contributed by atoms with Crippen LogP contribution in [0.15, 0.2) is 12.1 Å². The van der Waals surface area contributed by atoms with Gasteiger partial charge < -0.3 is 5.32 Å². The molecular formula is C12H11ClN2O2S2. The molecule has 100 valence electrons. The highest BCUT2D eigenvalue weighted by Gasteiger charge is 2.11. The van der Waals surface area contributed by atoms with E-state index in [-0.39, 0.29) is 16.8 Å². The summed E-state index contributed by atoms with van der Waals surface area (Å²) in [6.45, 7) is 3.32. The van der Waals surface area contributed by atoms with E-state index in [9.17, 15) is 9.59 Å². The van der Waals surface area contributed by atoms with Gasteiger partial charge in [-0.3, -0.25) is 9.59 Å². The van der Waals surface area contributed by atoms with Gasteiger partial charge in [-0.1, -0.05) is 34.7 Å². The van der Waals surface area contributed by atoms with Crippen LogP contribution in [0.25, 0.3) is 10.2 Å². The minimum Gasteiger partial charge on any atom is -0.301 e. The number of hydrogen-bond donors (Lipinski definition) is 1. The predicted octanol–water partition coefficient (Wildman–Crippen LogP) is 3.48. The summed E-state index contributed by atoms with van der Waals surface area (Å²) in [6, 6.07) is 3.69. The summed E-state index contributed by atoms with van der Waals surface area (Å²) in [5, 5.41) is 3.78. The minimum absolute atomic E-state index is 0.0814. The molecule has 7 heteroatoms. The van der Waals surface area contributed by atoms with E-state index in [1.165, 1.54) is 18.3 Å². The third-order valence-corrected chi connectivity index (χ3v) is 4.56. The highest BCUT2D eigenvalue weighted by molar-refractivity contribution is 8.14. The second-order valence-electron chi connectivity index (χ2n) is 3.87. The number of hydrogen-bond acceptors (Lipinski definition) is 5. The van der Waals surface area contributed by atoms with Crippen LogP contribution < -0.4 is 5.32 Å². The largest absolute Gasteiger partial charge is 0.301 e. The van der Waals surface area contributed by atoms with Crippen molar-refractivity contribution in [3.63, 3.8) is 0 Å². The van der Waals surface area contributed by atoms with Gasteiger partial charge in [0.15, 0.2) is 10.2 Å². The number of nitrogens with zero attached hydrogens (tertiary/aromatic N) is 1. The second-order valence-corrected chi connectivity index (χ2v) is 6.46. The van der Waals surface area contributed by atoms with Crippen molar-refractivity contribution < 1.29 is 9.59 Å². The molecule has 0 fully saturated rings. The van der Waals surface area contributed by atoms with Crippen LogP contribution in [0.2, 0.25) is 5.02 Å². The van der Waals surface area contributed by atoms with E-state index >= 15 is 0 Å². The fourth-order valence-electron chi connectivity index (χ4n) is 1.48. The van der Waals surface area contributed by atoms with Gasteiger partial charge in [-0.15, -0.1) is 0 Å². The van der Waals surface area contributed by atoms with Gasteiger partial charge in [0.05, 0.1) is 16.0 Å². The van der Waals surface area contributed by atoms with Crippen molar-refractivity contribution in [1.29, 1.82) is 0 Å². The number of anilines is 1. The Kier molecular flexibility index (Phi) is 4.44. The number of fused-ring (bicyclic) bond motifs is 1. The van der Waals surface area contributed by atoms with Crippen LogP contribution in [0.1, 0.15) is 12.5 Å². The van der Waals surface area contributed by atoms with Gasteiger partial charge in [0.25, 0.3) is 0 Å². The van der Waals surface area contributed by atoms with Crippen molar-refractivity contribution in [3.8, 4) is 0 Å². The maximum Gasteiger partial charge on any atom is 0.236 e. The molecule has 0 bridgehead atoms. The van der Waals surface area contributed by atoms with Crippen molar-refractivity contribution in [1.82, 2.24) is 4.98 Å². The number of carbonyl (C=O) groups is 2. The summed E-state index contributed by atoms with van der Waals surface area (Å²) in [6.07, 6.45) is 0. The van der Waals surface area contributed by atoms with Crippen LogP contribution >= 0.6 is 34.7 Å². The Balaban J connectivity index is 2.16. The van der Waals surface area contributed by atoms with Crippen LogP contribution in [-0.2, 0) is 9.59 Å². The lowest BCUT2D eigenvalue weighted by atomic mass is 10.2. The number of benzene rings is 1. The van der Waals surface area contributed by atoms with E-state index < -0.39 is 0 Å². The van der Waals surface area contributed by atoms with Crippen molar-refractivity contribution in [2.45, 2.75) is 13.8 Å². The molecule has 1 amide bonds. The van der Waals surface area contributed by atoms with E-state index in [0.29, 0.717) is 10.2 Å². The summed E-state index contributed by atoms with van der Waals surface area (Å²) in [5.74, 6) is -0.131. The molecule has 0 saturated heterocycles. The van der Waals surface area contributed by atoms with Crippen LogP contribution in [0, 0.1) is 6.92 Å². The van der Waals surface area contributed by atoms with E-state index in [4.69, 9.17) is 11.6 Å². The number of halogens is 1. The lowest BCUT2D eigenvalue weighted by Crippen LogP contribution is -2.14. The quantitative estimate of drug-likeness (QED) is 0.942. The molecule has 1 aromatic carbocycles. The zero-order chi connectivity index (χ0) is 14.0. The molecular weight excluding hydrogens is 304 g/mol. The number of amides is 1. The zero-order valence-electron chi connectivity index (χ0n) is 10.3. The molecule has 1 N–H and O–H groups in total. The molecule has 0 unspecified atom stereocenters. The molecule has 1 heterocycles. The fourth-order valence-corrected chi connectivity index (χ4v) is 2.98. The highest BCUT2D eigenvalue weighted by Crippen LogP contribution is 2.31. The topological polar surface area (TPSA) is 59.1 Å². The maximum absolute atomic E-state index is 11.6. The second kappa shape index (κ2) is 5.90. The van der Waals surface area contributed by atoms with Gasteiger partial charge in [0.1, 0.15) is 0 Å². The predicted molar refractivity (Wildman–Crippen MR) is 81.1 cm³/mol. The Morgan fingerprint density at radius 1 is 1.47 bits per heavy atom. The molecule has 1 aromatic heterocycles. The average molecular weight is 315 g/mol. The number of thiazole rings is 1. The summed E-state index contributed by atoms with van der Waals surface area (Å²) >= 11 is 8.39. The van der Waals surface area contributed by atoms with Crippen LogP contribution in [-0.4, -0.2) is 21.8 Å². The molecule has 0 aliphatic heterocycles. The summed E-state index contributed by atoms with van der Waals surface area (Å²) < 4.78 is 0.969. The van der Waals surface area contributed by atoms with Crippen LogP contribution in [0.4, 0.5) is 5.13 Å². The van der Waals surface area contributed by atoms with Crippen molar-refractivity contribution in [3.05, 3.63) is 22.7 Å². The van der Waals surface area contributed by atoms with Gasteiger partial charge in [0, 0.05) is 11.9 Å². The van der Waals surface area contributed by atoms with E-state index in [2.05, 4.69) is 10.3 Å². The lowest BCUT2D eigenvalue weighted by Gasteiger charge is -1.98. The SMILES string of the molecule is CC(=O)SCC(=O)Nc1nc2c(C)c(Cl)ccc2s1. The zero-order valence-corrected chi connectivity index (χ0v) is 12.7. The van der Waals surface area contributed by atoms with Gasteiger partial charge >= 0.3 is 0 Å². The molecule has 0 aliphatic carbocycles. The van der Waals surface area contributed by atoms with Crippen molar-refractivity contribution in [2.24, 2.45) is 0 Å². The Bertz CT molecular complexity index is 654. The smallest absolute Gasteiger partial charge is 0.236 e. The monoisotopic (exact) mass is 314 g/mol. The first kappa shape index (κ1) is 14.3. The van der Waals surface area contributed by atoms with Gasteiger partial charge in [-0.05, 0) is 24.6 Å². The third kappa shape index (κ3) is 3.46. The lowest BCUT2D eigenvalue weighted by molar-refractivity contribution is -0.114. The first-order chi connectivity index (χ1) is 8.97. The van der Waals surface area contributed by atoms with Gasteiger partial charge in [-0.25, -0.2) is 4.98 Å². The number of aromatic nitrogens is 1. The Morgan fingerprint density at radius 2 is 2.21 bits per heavy atom. The van der Waals surface area contributed by atoms with E-state index in [1.54, 1.807) is 0 Å². The molecule has 0 aliphatic rings. The molecule has 2 aromatic rings. The maximum atomic E-state index is 11.6. The highest BCUT2D eigenvalue weighted by atomic mass is 35.5. The standard InChI is InChI=1S/C12H11ClN2O2S2/c1-6-8(13)3-4-9-11(6)15-12(19-9)14-10(17)5-18-7(2)16/h3-4H,5H2,1-2H3,(H,14,15,17). The molecule has 19 heavy (non-hydrogen) atoms. The van der Waals surface area contributed by atoms with E-state index in [1.807, 2.05) is 19.1 Å². The Hall–Kier alpha value is -1.11. The molecule has 0 spiro atoms. The number of aryl methyl sites for hydroxylation is 1. The first-order valence-corrected chi connectivity index (χ1v) is 7.64. The van der Waals surface area contributed by atoms with Gasteiger partial charge in [-0.2, -0.15) is 0 Å².